The second kappa shape index (κ2) is 5.65. The van der Waals surface area contributed by atoms with Crippen LogP contribution in [0.25, 0.3) is 0 Å². The Hall–Kier alpha value is -1.59. The van der Waals surface area contributed by atoms with E-state index in [-0.39, 0.29) is 17.9 Å². The monoisotopic (exact) mass is 242 g/mol. The summed E-state index contributed by atoms with van der Waals surface area (Å²) in [5.41, 5.74) is -0.368. The summed E-state index contributed by atoms with van der Waals surface area (Å²) in [7, 11) is 0. The highest BCUT2D eigenvalue weighted by molar-refractivity contribution is 5.88. The smallest absolute Gasteiger partial charge is 0.322 e. The Bertz CT molecular complexity index is 321. The molecule has 0 atom stereocenters. The minimum absolute atomic E-state index is 0.125. The summed E-state index contributed by atoms with van der Waals surface area (Å²) in [4.78, 5) is 33.2. The largest absolute Gasteiger partial charge is 0.480 e. The van der Waals surface area contributed by atoms with Gasteiger partial charge in [-0.3, -0.25) is 14.4 Å². The molecule has 1 aliphatic carbocycles. The number of aliphatic carboxylic acids is 1. The van der Waals surface area contributed by atoms with Crippen molar-refractivity contribution in [3.63, 3.8) is 0 Å². The summed E-state index contributed by atoms with van der Waals surface area (Å²) in [5.74, 6) is -1.71. The fourth-order valence-electron chi connectivity index (χ4n) is 1.99. The van der Waals surface area contributed by atoms with Gasteiger partial charge in [-0.25, -0.2) is 0 Å². The molecular weight excluding hydrogens is 224 g/mol. The van der Waals surface area contributed by atoms with E-state index in [0.29, 0.717) is 0 Å². The Kier molecular flexibility index (Phi) is 4.48. The third-order valence-corrected chi connectivity index (χ3v) is 3.10. The molecule has 0 aromatic carbocycles. The summed E-state index contributed by atoms with van der Waals surface area (Å²) >= 11 is 0. The van der Waals surface area contributed by atoms with E-state index in [0.717, 1.165) is 25.7 Å². The van der Waals surface area contributed by atoms with Crippen LogP contribution in [-0.4, -0.2) is 36.0 Å². The van der Waals surface area contributed by atoms with Crippen LogP contribution in [0, 0.1) is 5.41 Å². The van der Waals surface area contributed by atoms with Crippen molar-refractivity contribution in [2.45, 2.75) is 32.6 Å². The predicted molar refractivity (Wildman–Crippen MR) is 60.2 cm³/mol. The molecule has 17 heavy (non-hydrogen) atoms. The van der Waals surface area contributed by atoms with E-state index in [2.05, 4.69) is 10.6 Å². The maximum Gasteiger partial charge on any atom is 0.322 e. The Labute approximate surface area is 99.8 Å². The number of carboxylic acid groups (broad SMARTS) is 1. The molecule has 0 saturated heterocycles. The number of carbonyl (C=O) groups excluding carboxylic acids is 2. The fourth-order valence-corrected chi connectivity index (χ4v) is 1.99. The van der Waals surface area contributed by atoms with E-state index < -0.39 is 18.4 Å². The SMILES string of the molecule is CC1(C(=O)NCC(=O)NCC(=O)O)CCCC1. The van der Waals surface area contributed by atoms with Gasteiger partial charge in [0.2, 0.25) is 11.8 Å². The Morgan fingerprint density at radius 3 is 2.24 bits per heavy atom. The molecule has 0 aromatic heterocycles. The summed E-state index contributed by atoms with van der Waals surface area (Å²) in [6.45, 7) is 1.30. The standard InChI is InChI=1S/C11H18N2O4/c1-11(4-2-3-5-11)10(17)13-6-8(14)12-7-9(15)16/h2-7H2,1H3,(H,12,14)(H,13,17)(H,15,16). The van der Waals surface area contributed by atoms with Crippen molar-refractivity contribution >= 4 is 17.8 Å². The third kappa shape index (κ3) is 4.05. The number of hydrogen-bond acceptors (Lipinski definition) is 3. The van der Waals surface area contributed by atoms with Crippen molar-refractivity contribution < 1.29 is 19.5 Å². The van der Waals surface area contributed by atoms with Gasteiger partial charge in [-0.15, -0.1) is 0 Å². The normalized spacial score (nSPS) is 17.5. The van der Waals surface area contributed by atoms with Crippen LogP contribution in [0.4, 0.5) is 0 Å². The second-order valence-corrected chi connectivity index (χ2v) is 4.62. The lowest BCUT2D eigenvalue weighted by molar-refractivity contribution is -0.138. The van der Waals surface area contributed by atoms with E-state index in [1.165, 1.54) is 0 Å². The molecule has 96 valence electrons. The first-order valence-corrected chi connectivity index (χ1v) is 5.71. The summed E-state index contributed by atoms with van der Waals surface area (Å²) in [6, 6.07) is 0. The van der Waals surface area contributed by atoms with Crippen LogP contribution in [0.2, 0.25) is 0 Å². The summed E-state index contributed by atoms with van der Waals surface area (Å²) < 4.78 is 0. The maximum absolute atomic E-state index is 11.8. The van der Waals surface area contributed by atoms with E-state index in [4.69, 9.17) is 5.11 Å². The first-order valence-electron chi connectivity index (χ1n) is 5.71. The highest BCUT2D eigenvalue weighted by Crippen LogP contribution is 2.37. The minimum Gasteiger partial charge on any atom is -0.480 e. The zero-order valence-corrected chi connectivity index (χ0v) is 9.91. The first kappa shape index (κ1) is 13.5. The number of nitrogens with one attached hydrogen (secondary N) is 2. The lowest BCUT2D eigenvalue weighted by Crippen LogP contribution is -2.43. The van der Waals surface area contributed by atoms with E-state index in [1.807, 2.05) is 6.92 Å². The van der Waals surface area contributed by atoms with Gasteiger partial charge in [0, 0.05) is 5.41 Å². The topological polar surface area (TPSA) is 95.5 Å². The van der Waals surface area contributed by atoms with Crippen molar-refractivity contribution in [1.29, 1.82) is 0 Å². The van der Waals surface area contributed by atoms with Crippen LogP contribution < -0.4 is 10.6 Å². The van der Waals surface area contributed by atoms with Gasteiger partial charge >= 0.3 is 5.97 Å². The van der Waals surface area contributed by atoms with Gasteiger partial charge in [-0.2, -0.15) is 0 Å². The number of rotatable bonds is 5. The van der Waals surface area contributed by atoms with Crippen LogP contribution in [0.3, 0.4) is 0 Å². The Morgan fingerprint density at radius 2 is 1.71 bits per heavy atom. The molecule has 0 aliphatic heterocycles. The average Bonchev–Trinajstić information content (AvgIpc) is 2.71. The molecule has 2 amide bonds. The van der Waals surface area contributed by atoms with Crippen molar-refractivity contribution in [2.75, 3.05) is 13.1 Å². The molecule has 0 heterocycles. The third-order valence-electron chi connectivity index (χ3n) is 3.10. The number of amides is 2. The number of carboxylic acids is 1. The van der Waals surface area contributed by atoms with E-state index in [9.17, 15) is 14.4 Å². The van der Waals surface area contributed by atoms with Crippen LogP contribution in [0.15, 0.2) is 0 Å². The minimum atomic E-state index is -1.10. The molecule has 0 unspecified atom stereocenters. The van der Waals surface area contributed by atoms with Crippen molar-refractivity contribution in [3.8, 4) is 0 Å². The van der Waals surface area contributed by atoms with Gasteiger partial charge in [0.1, 0.15) is 6.54 Å². The zero-order chi connectivity index (χ0) is 12.9. The fraction of sp³-hybridized carbons (Fsp3) is 0.727. The first-order chi connectivity index (χ1) is 7.94. The molecule has 1 aliphatic rings. The van der Waals surface area contributed by atoms with Crippen molar-refractivity contribution in [2.24, 2.45) is 5.41 Å². The Morgan fingerprint density at radius 1 is 1.12 bits per heavy atom. The van der Waals surface area contributed by atoms with Crippen LogP contribution >= 0.6 is 0 Å². The van der Waals surface area contributed by atoms with Gasteiger partial charge in [-0.1, -0.05) is 19.8 Å². The van der Waals surface area contributed by atoms with Gasteiger partial charge in [0.15, 0.2) is 0 Å². The van der Waals surface area contributed by atoms with Gasteiger partial charge < -0.3 is 15.7 Å². The predicted octanol–water partition coefficient (Wildman–Crippen LogP) is -0.116. The van der Waals surface area contributed by atoms with E-state index >= 15 is 0 Å². The van der Waals surface area contributed by atoms with E-state index in [1.54, 1.807) is 0 Å². The average molecular weight is 242 g/mol. The zero-order valence-electron chi connectivity index (χ0n) is 9.91. The molecule has 3 N–H and O–H groups in total. The molecular formula is C11H18N2O4. The lowest BCUT2D eigenvalue weighted by atomic mass is 9.88. The number of hydrogen-bond donors (Lipinski definition) is 3. The molecule has 0 bridgehead atoms. The Balaban J connectivity index is 2.28. The molecule has 0 aromatic rings. The summed E-state index contributed by atoms with van der Waals surface area (Å²) in [5, 5.41) is 13.1. The lowest BCUT2D eigenvalue weighted by Gasteiger charge is -2.21. The molecule has 1 saturated carbocycles. The summed E-state index contributed by atoms with van der Waals surface area (Å²) in [6.07, 6.45) is 3.76. The molecule has 6 nitrogen and oxygen atoms in total. The van der Waals surface area contributed by atoms with Crippen LogP contribution in [-0.2, 0) is 14.4 Å². The van der Waals surface area contributed by atoms with Crippen LogP contribution in [0.1, 0.15) is 32.6 Å². The van der Waals surface area contributed by atoms with Crippen molar-refractivity contribution in [1.82, 2.24) is 10.6 Å². The van der Waals surface area contributed by atoms with Crippen LogP contribution in [0.5, 0.6) is 0 Å². The highest BCUT2D eigenvalue weighted by Gasteiger charge is 2.36. The molecule has 0 radical (unpaired) electrons. The molecule has 0 spiro atoms. The maximum atomic E-state index is 11.8. The molecule has 6 heteroatoms. The number of carbonyl (C=O) groups is 3. The molecule has 1 fully saturated rings. The quantitative estimate of drug-likeness (QED) is 0.626. The van der Waals surface area contributed by atoms with Gasteiger partial charge in [-0.05, 0) is 12.8 Å². The molecule has 1 rings (SSSR count). The highest BCUT2D eigenvalue weighted by atomic mass is 16.4. The van der Waals surface area contributed by atoms with Gasteiger partial charge in [0.05, 0.1) is 6.54 Å². The van der Waals surface area contributed by atoms with Crippen molar-refractivity contribution in [3.05, 3.63) is 0 Å². The second-order valence-electron chi connectivity index (χ2n) is 4.62. The van der Waals surface area contributed by atoms with Gasteiger partial charge in [0.25, 0.3) is 0 Å².